The van der Waals surface area contributed by atoms with E-state index in [9.17, 15) is 13.0 Å². The van der Waals surface area contributed by atoms with E-state index in [1.54, 1.807) is 4.90 Å². The van der Waals surface area contributed by atoms with Crippen LogP contribution in [-0.4, -0.2) is 24.6 Å². The SMILES string of the molecule is CC1(C)C(/C=C/C=C2/N(CS(=O)(=O)O)c3ccc4ccccc4c3C2(C)C)=Nc2ccc3ccccc3c21. The van der Waals surface area contributed by atoms with Crippen molar-refractivity contribution >= 4 is 48.7 Å². The van der Waals surface area contributed by atoms with Gasteiger partial charge in [-0.25, -0.2) is 0 Å². The molecular formula is C32H30N2O3S. The van der Waals surface area contributed by atoms with E-state index in [2.05, 4.69) is 70.2 Å². The third-order valence-electron chi connectivity index (χ3n) is 7.97. The second kappa shape index (κ2) is 8.38. The fourth-order valence-corrected chi connectivity index (χ4v) is 6.83. The van der Waals surface area contributed by atoms with Gasteiger partial charge in [0, 0.05) is 22.2 Å². The Bertz CT molecular complexity index is 1830. The van der Waals surface area contributed by atoms with Crippen LogP contribution in [0.15, 0.2) is 102 Å². The molecule has 0 unspecified atom stereocenters. The van der Waals surface area contributed by atoms with Crippen LogP contribution in [0.3, 0.4) is 0 Å². The lowest BCUT2D eigenvalue weighted by atomic mass is 9.79. The number of nitrogens with zero attached hydrogens (tertiary/aromatic N) is 2. The van der Waals surface area contributed by atoms with E-state index in [0.29, 0.717) is 0 Å². The van der Waals surface area contributed by atoms with Gasteiger partial charge in [-0.1, -0.05) is 94.4 Å². The van der Waals surface area contributed by atoms with Crippen LogP contribution in [0.25, 0.3) is 21.5 Å². The van der Waals surface area contributed by atoms with Crippen molar-refractivity contribution in [1.82, 2.24) is 0 Å². The second-order valence-electron chi connectivity index (χ2n) is 11.2. The van der Waals surface area contributed by atoms with E-state index in [-0.39, 0.29) is 5.41 Å². The van der Waals surface area contributed by atoms with Gasteiger partial charge in [0.2, 0.25) is 0 Å². The van der Waals surface area contributed by atoms with Crippen LogP contribution in [0.4, 0.5) is 11.4 Å². The highest BCUT2D eigenvalue weighted by Crippen LogP contribution is 2.51. The highest BCUT2D eigenvalue weighted by atomic mass is 32.2. The molecule has 6 heteroatoms. The van der Waals surface area contributed by atoms with Gasteiger partial charge in [-0.2, -0.15) is 8.42 Å². The predicted octanol–water partition coefficient (Wildman–Crippen LogP) is 7.44. The van der Waals surface area contributed by atoms with Gasteiger partial charge in [0.1, 0.15) is 0 Å². The van der Waals surface area contributed by atoms with E-state index in [1.807, 2.05) is 48.6 Å². The number of hydrogen-bond donors (Lipinski definition) is 1. The molecule has 0 saturated carbocycles. The largest absolute Gasteiger partial charge is 0.327 e. The summed E-state index contributed by atoms with van der Waals surface area (Å²) in [6.45, 7) is 8.57. The first-order valence-corrected chi connectivity index (χ1v) is 14.3. The Morgan fingerprint density at radius 1 is 0.816 bits per heavy atom. The number of hydrogen-bond acceptors (Lipinski definition) is 4. The lowest BCUT2D eigenvalue weighted by Crippen LogP contribution is -2.30. The fourth-order valence-electron chi connectivity index (χ4n) is 6.22. The summed E-state index contributed by atoms with van der Waals surface area (Å²) in [6.07, 6.45) is 5.93. The molecule has 5 nitrogen and oxygen atoms in total. The molecule has 6 rings (SSSR count). The quantitative estimate of drug-likeness (QED) is 0.283. The average Bonchev–Trinajstić information content (AvgIpc) is 3.25. The first kappa shape index (κ1) is 24.6. The Labute approximate surface area is 223 Å². The molecule has 0 bridgehead atoms. The van der Waals surface area contributed by atoms with E-state index >= 15 is 0 Å². The minimum Gasteiger partial charge on any atom is -0.327 e. The Hall–Kier alpha value is -3.74. The monoisotopic (exact) mass is 522 g/mol. The molecule has 0 aliphatic carbocycles. The average molecular weight is 523 g/mol. The number of rotatable bonds is 4. The summed E-state index contributed by atoms with van der Waals surface area (Å²) in [6, 6.07) is 24.6. The van der Waals surface area contributed by atoms with E-state index in [4.69, 9.17) is 4.99 Å². The van der Waals surface area contributed by atoms with Gasteiger partial charge in [0.25, 0.3) is 10.1 Å². The number of fused-ring (bicyclic) bond motifs is 6. The Morgan fingerprint density at radius 2 is 1.42 bits per heavy atom. The van der Waals surface area contributed by atoms with Crippen LogP contribution >= 0.6 is 0 Å². The van der Waals surface area contributed by atoms with Gasteiger partial charge in [-0.05, 0) is 57.0 Å². The number of benzene rings is 4. The number of anilines is 1. The van der Waals surface area contributed by atoms with Crippen molar-refractivity contribution < 1.29 is 13.0 Å². The third kappa shape index (κ3) is 3.79. The summed E-state index contributed by atoms with van der Waals surface area (Å²) < 4.78 is 34.0. The molecule has 192 valence electrons. The van der Waals surface area contributed by atoms with Crippen molar-refractivity contribution in [1.29, 1.82) is 0 Å². The number of allylic oxidation sites excluding steroid dienone is 4. The first-order chi connectivity index (χ1) is 18.0. The molecule has 0 atom stereocenters. The summed E-state index contributed by atoms with van der Waals surface area (Å²) in [4.78, 5) is 6.68. The maximum absolute atomic E-state index is 12.1. The molecule has 1 N–H and O–H groups in total. The van der Waals surface area contributed by atoms with Gasteiger partial charge in [-0.3, -0.25) is 9.55 Å². The van der Waals surface area contributed by atoms with Crippen molar-refractivity contribution in [2.45, 2.75) is 38.5 Å². The normalized spacial score (nSPS) is 18.9. The molecule has 0 fully saturated rings. The number of aliphatic imine (C=N–C) groups is 1. The van der Waals surface area contributed by atoms with E-state index in [0.717, 1.165) is 39.1 Å². The van der Waals surface area contributed by atoms with Gasteiger partial charge in [0.15, 0.2) is 5.88 Å². The predicted molar refractivity (Wildman–Crippen MR) is 157 cm³/mol. The molecule has 2 aliphatic rings. The molecule has 2 aliphatic heterocycles. The topological polar surface area (TPSA) is 70.0 Å². The van der Waals surface area contributed by atoms with Gasteiger partial charge in [0.05, 0.1) is 11.4 Å². The molecule has 0 saturated heterocycles. The second-order valence-corrected chi connectivity index (χ2v) is 12.6. The molecule has 2 heterocycles. The maximum Gasteiger partial charge on any atom is 0.283 e. The molecule has 0 aromatic heterocycles. The van der Waals surface area contributed by atoms with Crippen molar-refractivity contribution in [3.05, 3.63) is 108 Å². The minimum absolute atomic E-state index is 0.288. The van der Waals surface area contributed by atoms with Crippen LogP contribution in [0.5, 0.6) is 0 Å². The summed E-state index contributed by atoms with van der Waals surface area (Å²) in [5, 5.41) is 4.57. The Kier molecular flexibility index (Phi) is 5.42. The van der Waals surface area contributed by atoms with Crippen LogP contribution in [0, 0.1) is 0 Å². The summed E-state index contributed by atoms with van der Waals surface area (Å²) in [5.74, 6) is -0.509. The maximum atomic E-state index is 12.1. The Balaban J connectivity index is 1.43. The van der Waals surface area contributed by atoms with Crippen LogP contribution in [-0.2, 0) is 20.9 Å². The van der Waals surface area contributed by atoms with Crippen molar-refractivity contribution in [3.8, 4) is 0 Å². The first-order valence-electron chi connectivity index (χ1n) is 12.7. The molecule has 4 aromatic rings. The highest BCUT2D eigenvalue weighted by molar-refractivity contribution is 7.85. The van der Waals surface area contributed by atoms with E-state index in [1.165, 1.54) is 16.3 Å². The smallest absolute Gasteiger partial charge is 0.283 e. The zero-order valence-corrected chi connectivity index (χ0v) is 22.8. The van der Waals surface area contributed by atoms with Crippen LogP contribution < -0.4 is 4.90 Å². The van der Waals surface area contributed by atoms with Crippen LogP contribution in [0.1, 0.15) is 38.8 Å². The lowest BCUT2D eigenvalue weighted by Gasteiger charge is -2.26. The molecular weight excluding hydrogens is 492 g/mol. The van der Waals surface area contributed by atoms with Gasteiger partial charge in [-0.15, -0.1) is 0 Å². The summed E-state index contributed by atoms with van der Waals surface area (Å²) >= 11 is 0. The van der Waals surface area contributed by atoms with Crippen molar-refractivity contribution in [2.24, 2.45) is 4.99 Å². The zero-order valence-electron chi connectivity index (χ0n) is 21.9. The standard InChI is InChI=1S/C32H30N2O3S/c1-31(2)27(33-25-18-16-21-10-5-7-12-23(21)29(25)31)14-9-15-28-32(3,4)30-24-13-8-6-11-22(24)17-19-26(30)34(28)20-38(35,36)37/h5-19H,20H2,1-4H3,(H,35,36,37)/b14-9+,28-15+. The van der Waals surface area contributed by atoms with Crippen molar-refractivity contribution in [3.63, 3.8) is 0 Å². The van der Waals surface area contributed by atoms with Crippen LogP contribution in [0.2, 0.25) is 0 Å². The molecule has 4 aromatic carbocycles. The Morgan fingerprint density at radius 3 is 2.08 bits per heavy atom. The zero-order chi connectivity index (χ0) is 26.9. The molecule has 0 amide bonds. The lowest BCUT2D eigenvalue weighted by molar-refractivity contribution is 0.482. The minimum atomic E-state index is -4.27. The van der Waals surface area contributed by atoms with Gasteiger partial charge < -0.3 is 4.90 Å². The molecule has 38 heavy (non-hydrogen) atoms. The summed E-state index contributed by atoms with van der Waals surface area (Å²) in [5.41, 5.74) is 5.02. The third-order valence-corrected chi connectivity index (χ3v) is 8.55. The molecule has 0 radical (unpaired) electrons. The summed E-state index contributed by atoms with van der Waals surface area (Å²) in [7, 11) is -4.27. The van der Waals surface area contributed by atoms with E-state index < -0.39 is 21.4 Å². The molecule has 0 spiro atoms. The van der Waals surface area contributed by atoms with Crippen molar-refractivity contribution in [2.75, 3.05) is 10.8 Å². The van der Waals surface area contributed by atoms with Gasteiger partial charge >= 0.3 is 0 Å². The fraction of sp³-hybridized carbons (Fsp3) is 0.219. The highest BCUT2D eigenvalue weighted by Gasteiger charge is 2.42.